The van der Waals surface area contributed by atoms with Gasteiger partial charge in [0.1, 0.15) is 0 Å². The van der Waals surface area contributed by atoms with Crippen LogP contribution in [0.4, 0.5) is 0 Å². The normalized spacial score (nSPS) is 10.3. The third kappa shape index (κ3) is 3.60. The Balaban J connectivity index is 2.27. The quantitative estimate of drug-likeness (QED) is 0.475. The number of benzene rings is 3. The van der Waals surface area contributed by atoms with Crippen LogP contribution in [0.1, 0.15) is 36.5 Å². The van der Waals surface area contributed by atoms with Gasteiger partial charge in [-0.15, -0.1) is 0 Å². The molecule has 23 heavy (non-hydrogen) atoms. The molecule has 0 aromatic heterocycles. The molecule has 0 saturated carbocycles. The lowest BCUT2D eigenvalue weighted by Crippen LogP contribution is -1.95. The molecule has 0 nitrogen and oxygen atoms in total. The van der Waals surface area contributed by atoms with Crippen LogP contribution in [-0.4, -0.2) is 0 Å². The zero-order valence-electron chi connectivity index (χ0n) is 13.6. The lowest BCUT2D eigenvalue weighted by atomic mass is 9.87. The predicted molar refractivity (Wildman–Crippen MR) is 100 cm³/mol. The minimum absolute atomic E-state index is 1.07. The minimum atomic E-state index is 1.07. The summed E-state index contributed by atoms with van der Waals surface area (Å²) in [4.78, 5) is 0. The third-order valence-electron chi connectivity index (χ3n) is 4.05. The van der Waals surface area contributed by atoms with Gasteiger partial charge in [-0.1, -0.05) is 104 Å². The van der Waals surface area contributed by atoms with E-state index in [-0.39, 0.29) is 0 Å². The number of hydrogen-bond donors (Lipinski definition) is 0. The van der Waals surface area contributed by atoms with Crippen molar-refractivity contribution in [2.24, 2.45) is 0 Å². The molecular formula is C23H22. The minimum Gasteiger partial charge on any atom is -0.0651 e. The van der Waals surface area contributed by atoms with Gasteiger partial charge >= 0.3 is 0 Å². The molecule has 3 rings (SSSR count). The highest BCUT2D eigenvalue weighted by Gasteiger charge is 2.12. The van der Waals surface area contributed by atoms with Gasteiger partial charge in [-0.25, -0.2) is 0 Å². The van der Waals surface area contributed by atoms with E-state index in [1.165, 1.54) is 27.8 Å². The van der Waals surface area contributed by atoms with Crippen molar-refractivity contribution in [3.63, 3.8) is 0 Å². The molecule has 114 valence electrons. The van der Waals surface area contributed by atoms with E-state index in [0.29, 0.717) is 0 Å². The van der Waals surface area contributed by atoms with E-state index in [1.807, 2.05) is 0 Å². The highest BCUT2D eigenvalue weighted by atomic mass is 14.2. The molecule has 0 atom stereocenters. The maximum Gasteiger partial charge on any atom is -0.00734 e. The van der Waals surface area contributed by atoms with Crippen molar-refractivity contribution in [2.75, 3.05) is 0 Å². The van der Waals surface area contributed by atoms with E-state index in [4.69, 9.17) is 0 Å². The van der Waals surface area contributed by atoms with Gasteiger partial charge in [0.2, 0.25) is 0 Å². The van der Waals surface area contributed by atoms with Crippen LogP contribution in [0.3, 0.4) is 0 Å². The lowest BCUT2D eigenvalue weighted by Gasteiger charge is -2.17. The third-order valence-corrected chi connectivity index (χ3v) is 4.05. The molecule has 0 aliphatic carbocycles. The topological polar surface area (TPSA) is 0 Å². The summed E-state index contributed by atoms with van der Waals surface area (Å²) < 4.78 is 0. The first kappa shape index (κ1) is 15.3. The van der Waals surface area contributed by atoms with Crippen molar-refractivity contribution in [3.8, 4) is 0 Å². The van der Waals surface area contributed by atoms with Crippen LogP contribution in [0, 0.1) is 0 Å². The molecule has 0 N–H and O–H groups in total. The van der Waals surface area contributed by atoms with Gasteiger partial charge in [0.25, 0.3) is 0 Å². The fourth-order valence-electron chi connectivity index (χ4n) is 3.03. The highest BCUT2D eigenvalue weighted by molar-refractivity contribution is 5.98. The first-order chi connectivity index (χ1) is 11.4. The van der Waals surface area contributed by atoms with Crippen molar-refractivity contribution >= 4 is 11.1 Å². The zero-order valence-corrected chi connectivity index (χ0v) is 13.6. The van der Waals surface area contributed by atoms with E-state index >= 15 is 0 Å². The molecule has 3 aromatic rings. The summed E-state index contributed by atoms with van der Waals surface area (Å²) >= 11 is 0. The van der Waals surface area contributed by atoms with Crippen LogP contribution < -0.4 is 0 Å². The maximum absolute atomic E-state index is 2.25. The summed E-state index contributed by atoms with van der Waals surface area (Å²) in [7, 11) is 0. The second-order valence-electron chi connectivity index (χ2n) is 5.70. The molecule has 0 unspecified atom stereocenters. The second-order valence-corrected chi connectivity index (χ2v) is 5.70. The summed E-state index contributed by atoms with van der Waals surface area (Å²) in [6, 6.07) is 32.2. The maximum atomic E-state index is 2.25. The summed E-state index contributed by atoms with van der Waals surface area (Å²) in [5.41, 5.74) is 6.65. The van der Waals surface area contributed by atoms with E-state index in [2.05, 4.69) is 97.9 Å². The first-order valence-electron chi connectivity index (χ1n) is 8.29. The smallest absolute Gasteiger partial charge is 0.00734 e. The Morgan fingerprint density at radius 3 is 1.35 bits per heavy atom. The number of hydrogen-bond acceptors (Lipinski definition) is 0. The van der Waals surface area contributed by atoms with Gasteiger partial charge in [0, 0.05) is 0 Å². The Labute approximate surface area is 139 Å². The fourth-order valence-corrected chi connectivity index (χ4v) is 3.03. The molecule has 0 fully saturated rings. The molecule has 0 saturated heterocycles. The van der Waals surface area contributed by atoms with Crippen LogP contribution in [-0.2, 0) is 0 Å². The molecule has 3 aromatic carbocycles. The first-order valence-corrected chi connectivity index (χ1v) is 8.29. The monoisotopic (exact) mass is 298 g/mol. The van der Waals surface area contributed by atoms with Crippen LogP contribution in [0.2, 0.25) is 0 Å². The Kier molecular flexibility index (Phi) is 5.06. The summed E-state index contributed by atoms with van der Waals surface area (Å²) in [5, 5.41) is 0. The molecule has 0 spiro atoms. The molecule has 0 heteroatoms. The molecule has 0 amide bonds. The van der Waals surface area contributed by atoms with Gasteiger partial charge in [-0.2, -0.15) is 0 Å². The van der Waals surface area contributed by atoms with Crippen molar-refractivity contribution in [1.82, 2.24) is 0 Å². The van der Waals surface area contributed by atoms with Crippen molar-refractivity contribution in [1.29, 1.82) is 0 Å². The van der Waals surface area contributed by atoms with Gasteiger partial charge in [-0.3, -0.25) is 0 Å². The van der Waals surface area contributed by atoms with Crippen LogP contribution in [0.5, 0.6) is 0 Å². The predicted octanol–water partition coefficient (Wildman–Crippen LogP) is 6.45. The number of allylic oxidation sites excluding steroid dienone is 1. The van der Waals surface area contributed by atoms with Gasteiger partial charge in [-0.05, 0) is 34.3 Å². The van der Waals surface area contributed by atoms with Gasteiger partial charge in [0.15, 0.2) is 0 Å². The number of rotatable bonds is 5. The van der Waals surface area contributed by atoms with Gasteiger partial charge in [0.05, 0.1) is 0 Å². The van der Waals surface area contributed by atoms with Crippen LogP contribution >= 0.6 is 0 Å². The summed E-state index contributed by atoms with van der Waals surface area (Å²) in [6.07, 6.45) is 2.20. The average Bonchev–Trinajstić information content (AvgIpc) is 2.64. The van der Waals surface area contributed by atoms with E-state index in [1.54, 1.807) is 0 Å². The molecule has 0 heterocycles. The second kappa shape index (κ2) is 7.60. The Hall–Kier alpha value is -2.60. The van der Waals surface area contributed by atoms with Crippen molar-refractivity contribution in [3.05, 3.63) is 108 Å². The van der Waals surface area contributed by atoms with E-state index < -0.39 is 0 Å². The van der Waals surface area contributed by atoms with Crippen molar-refractivity contribution in [2.45, 2.75) is 19.8 Å². The lowest BCUT2D eigenvalue weighted by molar-refractivity contribution is 0.974. The molecule has 0 aliphatic rings. The van der Waals surface area contributed by atoms with E-state index in [0.717, 1.165) is 12.8 Å². The highest BCUT2D eigenvalue weighted by Crippen LogP contribution is 2.34. The molecule has 0 bridgehead atoms. The van der Waals surface area contributed by atoms with Crippen molar-refractivity contribution < 1.29 is 0 Å². The fraction of sp³-hybridized carbons (Fsp3) is 0.130. The Bertz CT molecular complexity index is 711. The van der Waals surface area contributed by atoms with Crippen LogP contribution in [0.15, 0.2) is 91.0 Å². The largest absolute Gasteiger partial charge is 0.0651 e. The summed E-state index contributed by atoms with van der Waals surface area (Å²) in [6.45, 7) is 2.25. The average molecular weight is 298 g/mol. The SMILES string of the molecule is CCCC(=C(c1ccccc1)c1ccccc1)c1ccccc1. The Morgan fingerprint density at radius 1 is 0.565 bits per heavy atom. The zero-order chi connectivity index (χ0) is 15.9. The molecule has 0 aliphatic heterocycles. The van der Waals surface area contributed by atoms with Crippen LogP contribution in [0.25, 0.3) is 11.1 Å². The summed E-state index contributed by atoms with van der Waals surface area (Å²) in [5.74, 6) is 0. The molecular weight excluding hydrogens is 276 g/mol. The standard InChI is InChI=1S/C23H22/c1-2-12-22(19-13-6-3-7-14-19)23(20-15-8-4-9-16-20)21-17-10-5-11-18-21/h3-11,13-18H,2,12H2,1H3. The molecule has 0 radical (unpaired) electrons. The van der Waals surface area contributed by atoms with Gasteiger partial charge < -0.3 is 0 Å². The Morgan fingerprint density at radius 2 is 0.957 bits per heavy atom. The van der Waals surface area contributed by atoms with E-state index in [9.17, 15) is 0 Å².